The van der Waals surface area contributed by atoms with Crippen LogP contribution in [0.1, 0.15) is 22.7 Å². The van der Waals surface area contributed by atoms with E-state index in [-0.39, 0.29) is 12.1 Å². The number of aromatic nitrogens is 1. The lowest BCUT2D eigenvalue weighted by molar-refractivity contribution is 0.190. The number of anilines is 1. The van der Waals surface area contributed by atoms with Crippen LogP contribution in [0.15, 0.2) is 48.7 Å². The van der Waals surface area contributed by atoms with Gasteiger partial charge >= 0.3 is 6.03 Å². The van der Waals surface area contributed by atoms with Crippen molar-refractivity contribution >= 4 is 22.6 Å². The van der Waals surface area contributed by atoms with Gasteiger partial charge in [0.25, 0.3) is 0 Å². The Labute approximate surface area is 121 Å². The van der Waals surface area contributed by atoms with Crippen LogP contribution in [0.4, 0.5) is 10.5 Å². The summed E-state index contributed by atoms with van der Waals surface area (Å²) in [6.07, 6.45) is 2.04. The summed E-state index contributed by atoms with van der Waals surface area (Å²) in [6, 6.07) is 14.2. The highest BCUT2D eigenvalue weighted by Gasteiger charge is 2.38. The van der Waals surface area contributed by atoms with Crippen molar-refractivity contribution in [1.29, 1.82) is 0 Å². The number of fused-ring (bicyclic) bond motifs is 4. The molecule has 1 aromatic heterocycles. The summed E-state index contributed by atoms with van der Waals surface area (Å²) in [6.45, 7) is 0.646. The SMILES string of the molecule is O=C1Nc2ccccc2C2c3c[nH]c4cccc(c34)CN12. The molecule has 1 unspecified atom stereocenters. The molecule has 4 heteroatoms. The Kier molecular flexibility index (Phi) is 1.91. The summed E-state index contributed by atoms with van der Waals surface area (Å²) in [5.74, 6) is 0. The molecule has 0 radical (unpaired) electrons. The second kappa shape index (κ2) is 3.67. The highest BCUT2D eigenvalue weighted by molar-refractivity contribution is 5.97. The third-order valence-electron chi connectivity index (χ3n) is 4.53. The number of amides is 2. The molecule has 102 valence electrons. The molecule has 4 nitrogen and oxygen atoms in total. The second-order valence-corrected chi connectivity index (χ2v) is 5.63. The zero-order valence-electron chi connectivity index (χ0n) is 11.3. The van der Waals surface area contributed by atoms with E-state index in [0.717, 1.165) is 16.8 Å². The third kappa shape index (κ3) is 1.31. The van der Waals surface area contributed by atoms with Crippen molar-refractivity contribution < 1.29 is 4.79 Å². The third-order valence-corrected chi connectivity index (χ3v) is 4.53. The summed E-state index contributed by atoms with van der Waals surface area (Å²) < 4.78 is 0. The quantitative estimate of drug-likeness (QED) is 0.647. The predicted molar refractivity (Wildman–Crippen MR) is 81.1 cm³/mol. The molecule has 0 spiro atoms. The van der Waals surface area contributed by atoms with Crippen LogP contribution >= 0.6 is 0 Å². The smallest absolute Gasteiger partial charge is 0.322 e. The van der Waals surface area contributed by atoms with Crippen LogP contribution in [-0.2, 0) is 6.54 Å². The molecule has 0 bridgehead atoms. The summed E-state index contributed by atoms with van der Waals surface area (Å²) in [5, 5.41) is 4.26. The van der Waals surface area contributed by atoms with E-state index in [2.05, 4.69) is 28.5 Å². The van der Waals surface area contributed by atoms with Gasteiger partial charge in [0, 0.05) is 40.5 Å². The van der Waals surface area contributed by atoms with Crippen LogP contribution in [0.3, 0.4) is 0 Å². The fourth-order valence-electron chi connectivity index (χ4n) is 3.64. The number of nitrogens with zero attached hydrogens (tertiary/aromatic N) is 1. The Morgan fingerprint density at radius 2 is 1.95 bits per heavy atom. The Hall–Kier alpha value is -2.75. The first-order chi connectivity index (χ1) is 10.3. The molecule has 3 heterocycles. The molecule has 1 atom stereocenters. The van der Waals surface area contributed by atoms with Crippen LogP contribution < -0.4 is 5.32 Å². The van der Waals surface area contributed by atoms with Gasteiger partial charge in [-0.2, -0.15) is 0 Å². The largest absolute Gasteiger partial charge is 0.361 e. The number of rotatable bonds is 0. The van der Waals surface area contributed by atoms with Crippen molar-refractivity contribution in [3.05, 3.63) is 65.4 Å². The second-order valence-electron chi connectivity index (χ2n) is 5.63. The standard InChI is InChI=1S/C17H13N3O/c21-17-19-13-6-2-1-5-11(13)16-12-8-18-14-7-3-4-10(15(12)14)9-20(16)17/h1-8,16,18H,9H2,(H,19,21). The number of hydrogen-bond donors (Lipinski definition) is 2. The van der Waals surface area contributed by atoms with Crippen molar-refractivity contribution in [2.45, 2.75) is 12.6 Å². The molecule has 2 aromatic carbocycles. The molecular weight excluding hydrogens is 262 g/mol. The van der Waals surface area contributed by atoms with Crippen molar-refractivity contribution in [3.63, 3.8) is 0 Å². The highest BCUT2D eigenvalue weighted by atomic mass is 16.2. The molecule has 0 saturated heterocycles. The first-order valence-corrected chi connectivity index (χ1v) is 7.08. The molecule has 0 fully saturated rings. The minimum absolute atomic E-state index is 0.00130. The number of carbonyl (C=O) groups is 1. The molecule has 0 saturated carbocycles. The Morgan fingerprint density at radius 3 is 2.90 bits per heavy atom. The van der Waals surface area contributed by atoms with E-state index in [4.69, 9.17) is 0 Å². The van der Waals surface area contributed by atoms with Gasteiger partial charge in [0.05, 0.1) is 6.04 Å². The minimum Gasteiger partial charge on any atom is -0.361 e. The van der Waals surface area contributed by atoms with Gasteiger partial charge in [0.15, 0.2) is 0 Å². The molecule has 2 aliphatic heterocycles. The fourth-order valence-corrected chi connectivity index (χ4v) is 3.64. The molecule has 2 amide bonds. The topological polar surface area (TPSA) is 48.1 Å². The number of benzene rings is 2. The number of aromatic amines is 1. The molecular formula is C17H13N3O. The van der Waals surface area contributed by atoms with Gasteiger partial charge < -0.3 is 15.2 Å². The Bertz CT molecular complexity index is 896. The van der Waals surface area contributed by atoms with Crippen molar-refractivity contribution in [1.82, 2.24) is 9.88 Å². The Balaban J connectivity index is 1.85. The highest BCUT2D eigenvalue weighted by Crippen LogP contribution is 2.44. The summed E-state index contributed by atoms with van der Waals surface area (Å²) in [5.41, 5.74) is 5.61. The van der Waals surface area contributed by atoms with E-state index in [9.17, 15) is 4.79 Å². The monoisotopic (exact) mass is 275 g/mol. The number of nitrogens with one attached hydrogen (secondary N) is 2. The van der Waals surface area contributed by atoms with Gasteiger partial charge in [-0.25, -0.2) is 4.79 Å². The van der Waals surface area contributed by atoms with E-state index in [0.29, 0.717) is 6.54 Å². The van der Waals surface area contributed by atoms with Gasteiger partial charge in [0.2, 0.25) is 0 Å². The van der Waals surface area contributed by atoms with Crippen LogP contribution in [0.25, 0.3) is 10.9 Å². The maximum absolute atomic E-state index is 12.4. The van der Waals surface area contributed by atoms with Gasteiger partial charge in [-0.05, 0) is 17.7 Å². The fraction of sp³-hybridized carbons (Fsp3) is 0.118. The lowest BCUT2D eigenvalue weighted by Crippen LogP contribution is -2.43. The number of H-pyrrole nitrogens is 1. The average Bonchev–Trinajstić information content (AvgIpc) is 2.94. The van der Waals surface area contributed by atoms with E-state index >= 15 is 0 Å². The van der Waals surface area contributed by atoms with Crippen LogP contribution in [0.5, 0.6) is 0 Å². The van der Waals surface area contributed by atoms with Gasteiger partial charge in [-0.15, -0.1) is 0 Å². The normalized spacial score (nSPS) is 19.1. The lowest BCUT2D eigenvalue weighted by atomic mass is 9.88. The Morgan fingerprint density at radius 1 is 1.05 bits per heavy atom. The van der Waals surface area contributed by atoms with Gasteiger partial charge in [-0.3, -0.25) is 0 Å². The molecule has 21 heavy (non-hydrogen) atoms. The average molecular weight is 275 g/mol. The summed E-state index contributed by atoms with van der Waals surface area (Å²) in [7, 11) is 0. The lowest BCUT2D eigenvalue weighted by Gasteiger charge is -2.40. The maximum Gasteiger partial charge on any atom is 0.322 e. The zero-order valence-corrected chi connectivity index (χ0v) is 11.3. The van der Waals surface area contributed by atoms with Crippen molar-refractivity contribution in [2.24, 2.45) is 0 Å². The van der Waals surface area contributed by atoms with Crippen molar-refractivity contribution in [3.8, 4) is 0 Å². The van der Waals surface area contributed by atoms with Crippen LogP contribution in [-0.4, -0.2) is 15.9 Å². The van der Waals surface area contributed by atoms with Gasteiger partial charge in [-0.1, -0.05) is 30.3 Å². The molecule has 5 rings (SSSR count). The van der Waals surface area contributed by atoms with Crippen molar-refractivity contribution in [2.75, 3.05) is 5.32 Å². The summed E-state index contributed by atoms with van der Waals surface area (Å²) >= 11 is 0. The predicted octanol–water partition coefficient (Wildman–Crippen LogP) is 3.62. The van der Waals surface area contributed by atoms with E-state index in [1.807, 2.05) is 35.4 Å². The summed E-state index contributed by atoms with van der Waals surface area (Å²) in [4.78, 5) is 17.7. The van der Waals surface area contributed by atoms with Crippen LogP contribution in [0, 0.1) is 0 Å². The maximum atomic E-state index is 12.4. The number of urea groups is 1. The number of para-hydroxylation sites is 1. The van der Waals surface area contributed by atoms with E-state index < -0.39 is 0 Å². The molecule has 0 aliphatic carbocycles. The van der Waals surface area contributed by atoms with Gasteiger partial charge in [0.1, 0.15) is 0 Å². The zero-order chi connectivity index (χ0) is 14.0. The number of hydrogen-bond acceptors (Lipinski definition) is 1. The molecule has 3 aromatic rings. The first kappa shape index (κ1) is 11.0. The number of carbonyl (C=O) groups excluding carboxylic acids is 1. The van der Waals surface area contributed by atoms with E-state index in [1.54, 1.807) is 0 Å². The minimum atomic E-state index is -0.0254. The first-order valence-electron chi connectivity index (χ1n) is 7.08. The van der Waals surface area contributed by atoms with E-state index in [1.165, 1.54) is 16.5 Å². The molecule has 2 N–H and O–H groups in total. The molecule has 2 aliphatic rings. The van der Waals surface area contributed by atoms with Crippen LogP contribution in [0.2, 0.25) is 0 Å².